The average molecular weight is 455 g/mol. The topological polar surface area (TPSA) is 63.6 Å². The van der Waals surface area contributed by atoms with Crippen LogP contribution in [0.25, 0.3) is 0 Å². The molecule has 182 valence electrons. The monoisotopic (exact) mass is 454 g/mol. The van der Waals surface area contributed by atoms with Crippen LogP contribution in [0.15, 0.2) is 57.2 Å². The van der Waals surface area contributed by atoms with Crippen LogP contribution in [0.4, 0.5) is 0 Å². The van der Waals surface area contributed by atoms with E-state index in [0.717, 1.165) is 45.3 Å². The second-order valence-corrected chi connectivity index (χ2v) is 10.1. The minimum atomic E-state index is -0.867. The Labute approximate surface area is 200 Å². The van der Waals surface area contributed by atoms with E-state index in [1.165, 1.54) is 16.7 Å². The Kier molecular flexibility index (Phi) is 10.2. The van der Waals surface area contributed by atoms with Crippen molar-refractivity contribution < 1.29 is 19.4 Å². The Balaban J connectivity index is 1.73. The molecule has 0 unspecified atom stereocenters. The number of ketones is 2. The summed E-state index contributed by atoms with van der Waals surface area (Å²) >= 11 is 0. The number of hydrogen-bond acceptors (Lipinski definition) is 4. The van der Waals surface area contributed by atoms with Crippen LogP contribution >= 0.6 is 0 Å². The van der Waals surface area contributed by atoms with Gasteiger partial charge in [-0.1, -0.05) is 29.4 Å². The lowest BCUT2D eigenvalue weighted by molar-refractivity contribution is -0.116. The van der Waals surface area contributed by atoms with E-state index in [4.69, 9.17) is 4.74 Å². The van der Waals surface area contributed by atoms with E-state index < -0.39 is 5.60 Å². The Morgan fingerprint density at radius 1 is 0.879 bits per heavy atom. The van der Waals surface area contributed by atoms with Crippen molar-refractivity contribution in [2.24, 2.45) is 0 Å². The SMILES string of the molecule is CC1=C(C)C(=O)C(CC[C@](C)(O)CC/C=C(\C)CC/C=C(\C)CCC=C2COC2)=C(C)C1=O. The molecule has 1 heterocycles. The molecule has 0 aromatic rings. The van der Waals surface area contributed by atoms with Gasteiger partial charge in [-0.25, -0.2) is 0 Å². The van der Waals surface area contributed by atoms with E-state index in [9.17, 15) is 14.7 Å². The van der Waals surface area contributed by atoms with Gasteiger partial charge in [0, 0.05) is 22.3 Å². The van der Waals surface area contributed by atoms with E-state index >= 15 is 0 Å². The van der Waals surface area contributed by atoms with Crippen molar-refractivity contribution in [2.75, 3.05) is 13.2 Å². The fourth-order valence-electron chi connectivity index (χ4n) is 4.20. The second kappa shape index (κ2) is 12.4. The molecule has 1 aliphatic carbocycles. The van der Waals surface area contributed by atoms with Gasteiger partial charge in [-0.15, -0.1) is 0 Å². The van der Waals surface area contributed by atoms with E-state index in [0.29, 0.717) is 41.6 Å². The van der Waals surface area contributed by atoms with E-state index in [1.54, 1.807) is 20.8 Å². The number of allylic oxidation sites excluding steroid dienone is 9. The Bertz CT molecular complexity index is 900. The van der Waals surface area contributed by atoms with Gasteiger partial charge in [0.25, 0.3) is 0 Å². The van der Waals surface area contributed by atoms with E-state index in [1.807, 2.05) is 6.92 Å². The maximum atomic E-state index is 12.6. The number of ether oxygens (including phenoxy) is 1. The molecule has 1 saturated heterocycles. The predicted octanol–water partition coefficient (Wildman–Crippen LogP) is 6.51. The molecule has 0 spiro atoms. The van der Waals surface area contributed by atoms with Gasteiger partial charge in [0.1, 0.15) is 0 Å². The van der Waals surface area contributed by atoms with Gasteiger partial charge >= 0.3 is 0 Å². The first kappa shape index (κ1) is 27.2. The summed E-state index contributed by atoms with van der Waals surface area (Å²) in [6.07, 6.45) is 13.5. The molecule has 1 aliphatic heterocycles. The van der Waals surface area contributed by atoms with Crippen molar-refractivity contribution in [3.05, 3.63) is 57.2 Å². The third kappa shape index (κ3) is 8.35. The highest BCUT2D eigenvalue weighted by atomic mass is 16.5. The summed E-state index contributed by atoms with van der Waals surface area (Å²) < 4.78 is 5.16. The van der Waals surface area contributed by atoms with Gasteiger partial charge in [0.2, 0.25) is 0 Å². The largest absolute Gasteiger partial charge is 0.390 e. The summed E-state index contributed by atoms with van der Waals surface area (Å²) in [4.78, 5) is 24.9. The quantitative estimate of drug-likeness (QED) is 0.270. The molecule has 1 fully saturated rings. The van der Waals surface area contributed by atoms with Crippen LogP contribution in [0, 0.1) is 0 Å². The van der Waals surface area contributed by atoms with E-state index in [2.05, 4.69) is 32.1 Å². The predicted molar refractivity (Wildman–Crippen MR) is 135 cm³/mol. The fourth-order valence-corrected chi connectivity index (χ4v) is 4.20. The smallest absolute Gasteiger partial charge is 0.185 e. The van der Waals surface area contributed by atoms with Crippen LogP contribution in [0.2, 0.25) is 0 Å². The molecule has 0 saturated carbocycles. The Morgan fingerprint density at radius 3 is 2.06 bits per heavy atom. The molecule has 4 nitrogen and oxygen atoms in total. The van der Waals surface area contributed by atoms with Gasteiger partial charge in [0.15, 0.2) is 11.6 Å². The zero-order valence-electron chi connectivity index (χ0n) is 21.5. The molecular formula is C29H42O4. The minimum Gasteiger partial charge on any atom is -0.390 e. The number of aliphatic hydroxyl groups is 1. The van der Waals surface area contributed by atoms with Crippen molar-refractivity contribution in [1.29, 1.82) is 0 Å². The molecular weight excluding hydrogens is 412 g/mol. The Morgan fingerprint density at radius 2 is 1.45 bits per heavy atom. The summed E-state index contributed by atoms with van der Waals surface area (Å²) in [7, 11) is 0. The average Bonchev–Trinajstić information content (AvgIpc) is 2.72. The summed E-state index contributed by atoms with van der Waals surface area (Å²) in [6.45, 7) is 12.9. The molecule has 1 N–H and O–H groups in total. The maximum Gasteiger partial charge on any atom is 0.185 e. The van der Waals surface area contributed by atoms with Crippen LogP contribution < -0.4 is 0 Å². The van der Waals surface area contributed by atoms with Crippen molar-refractivity contribution >= 4 is 11.6 Å². The van der Waals surface area contributed by atoms with Gasteiger partial charge in [-0.2, -0.15) is 0 Å². The number of Topliss-reactive ketones (excluding diaryl/α,β-unsaturated/α-hetero) is 2. The van der Waals surface area contributed by atoms with Crippen molar-refractivity contribution in [3.63, 3.8) is 0 Å². The van der Waals surface area contributed by atoms with Crippen molar-refractivity contribution in [3.8, 4) is 0 Å². The summed E-state index contributed by atoms with van der Waals surface area (Å²) in [5, 5.41) is 10.8. The Hall–Kier alpha value is -2.04. The molecule has 0 bridgehead atoms. The molecule has 4 heteroatoms. The third-order valence-corrected chi connectivity index (χ3v) is 6.98. The summed E-state index contributed by atoms with van der Waals surface area (Å²) in [5.74, 6) is -0.0947. The van der Waals surface area contributed by atoms with Crippen molar-refractivity contribution in [1.82, 2.24) is 0 Å². The molecule has 1 atom stereocenters. The second-order valence-electron chi connectivity index (χ2n) is 10.1. The van der Waals surface area contributed by atoms with Gasteiger partial charge < -0.3 is 9.84 Å². The highest BCUT2D eigenvalue weighted by Crippen LogP contribution is 2.30. The minimum absolute atomic E-state index is 0.0467. The maximum absolute atomic E-state index is 12.6. The standard InChI is InChI=1S/C29H42O4/c1-20(12-8-14-25-18-33-19-25)10-7-11-21(2)13-9-16-29(6,32)17-15-26-24(5)27(30)22(3)23(4)28(26)31/h10,13-14,32H,7-9,11-12,15-19H2,1-6H3/b20-10+,21-13+/t29-/m1/s1. The molecule has 0 aromatic carbocycles. The zero-order valence-corrected chi connectivity index (χ0v) is 21.5. The highest BCUT2D eigenvalue weighted by molar-refractivity contribution is 6.24. The number of hydrogen-bond donors (Lipinski definition) is 1. The fraction of sp³-hybridized carbons (Fsp3) is 0.586. The lowest BCUT2D eigenvalue weighted by Crippen LogP contribution is -2.26. The van der Waals surface area contributed by atoms with Gasteiger partial charge in [0.05, 0.1) is 18.8 Å². The highest BCUT2D eigenvalue weighted by Gasteiger charge is 2.29. The molecule has 0 aromatic heterocycles. The van der Waals surface area contributed by atoms with E-state index in [-0.39, 0.29) is 11.6 Å². The van der Waals surface area contributed by atoms with Crippen LogP contribution in [-0.4, -0.2) is 35.5 Å². The molecule has 33 heavy (non-hydrogen) atoms. The summed E-state index contributed by atoms with van der Waals surface area (Å²) in [6, 6.07) is 0. The normalized spacial score (nSPS) is 19.8. The van der Waals surface area contributed by atoms with Crippen molar-refractivity contribution in [2.45, 2.75) is 98.5 Å². The number of carbonyl (C=O) groups is 2. The van der Waals surface area contributed by atoms with Gasteiger partial charge in [-0.05, 0) is 98.5 Å². The summed E-state index contributed by atoms with van der Waals surface area (Å²) in [5.41, 5.74) is 5.50. The number of carbonyl (C=O) groups excluding carboxylic acids is 2. The molecule has 0 radical (unpaired) electrons. The van der Waals surface area contributed by atoms with Crippen LogP contribution in [-0.2, 0) is 14.3 Å². The molecule has 2 aliphatic rings. The first-order chi connectivity index (χ1) is 15.5. The van der Waals surface area contributed by atoms with Gasteiger partial charge in [-0.3, -0.25) is 9.59 Å². The first-order valence-corrected chi connectivity index (χ1v) is 12.3. The molecule has 2 rings (SSSR count). The lowest BCUT2D eigenvalue weighted by atomic mass is 9.82. The zero-order chi connectivity index (χ0) is 24.6. The number of rotatable bonds is 12. The molecule has 0 amide bonds. The van der Waals surface area contributed by atoms with Crippen LogP contribution in [0.5, 0.6) is 0 Å². The van der Waals surface area contributed by atoms with Crippen LogP contribution in [0.1, 0.15) is 92.9 Å². The lowest BCUT2D eigenvalue weighted by Gasteiger charge is -2.25. The first-order valence-electron chi connectivity index (χ1n) is 12.3. The third-order valence-electron chi connectivity index (χ3n) is 6.98. The van der Waals surface area contributed by atoms with Crippen LogP contribution in [0.3, 0.4) is 0 Å².